The number of carbonyl (C=O) groups excluding carboxylic acids is 1. The van der Waals surface area contributed by atoms with E-state index in [1.54, 1.807) is 24.3 Å². The lowest BCUT2D eigenvalue weighted by Gasteiger charge is -2.03. The third-order valence-corrected chi connectivity index (χ3v) is 3.61. The van der Waals surface area contributed by atoms with Crippen LogP contribution in [0, 0.1) is 6.92 Å². The van der Waals surface area contributed by atoms with Crippen LogP contribution in [0.4, 0.5) is 0 Å². The summed E-state index contributed by atoms with van der Waals surface area (Å²) in [6.07, 6.45) is 3.32. The molecule has 2 aromatic rings. The Labute approximate surface area is 116 Å². The van der Waals surface area contributed by atoms with Gasteiger partial charge in [0.25, 0.3) is 5.91 Å². The summed E-state index contributed by atoms with van der Waals surface area (Å²) in [5.41, 5.74) is 4.02. The first-order valence-electron chi connectivity index (χ1n) is 6.17. The van der Waals surface area contributed by atoms with E-state index in [-0.39, 0.29) is 5.91 Å². The van der Waals surface area contributed by atoms with Gasteiger partial charge in [0.15, 0.2) is 0 Å². The molecule has 4 nitrogen and oxygen atoms in total. The largest absolute Gasteiger partial charge is 0.469 e. The summed E-state index contributed by atoms with van der Waals surface area (Å²) in [5.74, 6) is 0.359. The summed E-state index contributed by atoms with van der Waals surface area (Å²) in [4.78, 5) is 13.0. The summed E-state index contributed by atoms with van der Waals surface area (Å²) in [5, 5.41) is 6.24. The molecule has 1 N–H and O–H groups in total. The van der Waals surface area contributed by atoms with Crippen LogP contribution in [0.3, 0.4) is 0 Å². The van der Waals surface area contributed by atoms with Gasteiger partial charge in [0.2, 0.25) is 0 Å². The number of nitrogens with one attached hydrogen (secondary N) is 1. The van der Waals surface area contributed by atoms with Crippen molar-refractivity contribution in [1.82, 2.24) is 5.43 Å². The summed E-state index contributed by atoms with van der Waals surface area (Å²) >= 11 is 1.62. The summed E-state index contributed by atoms with van der Waals surface area (Å²) in [6, 6.07) is 5.63. The van der Waals surface area contributed by atoms with Gasteiger partial charge < -0.3 is 4.42 Å². The predicted octanol–water partition coefficient (Wildman–Crippen LogP) is 3.58. The van der Waals surface area contributed by atoms with Crippen molar-refractivity contribution in [2.45, 2.75) is 26.7 Å². The van der Waals surface area contributed by atoms with Gasteiger partial charge in [-0.3, -0.25) is 4.79 Å². The van der Waals surface area contributed by atoms with Crippen molar-refractivity contribution >= 4 is 23.0 Å². The van der Waals surface area contributed by atoms with Gasteiger partial charge in [-0.2, -0.15) is 5.10 Å². The first-order chi connectivity index (χ1) is 9.22. The maximum Gasteiger partial charge on any atom is 0.274 e. The van der Waals surface area contributed by atoms with Gasteiger partial charge >= 0.3 is 0 Å². The average molecular weight is 276 g/mol. The molecule has 0 aliphatic rings. The molecular formula is C14H16N2O2S. The van der Waals surface area contributed by atoms with Gasteiger partial charge in [-0.05, 0) is 30.9 Å². The predicted molar refractivity (Wildman–Crippen MR) is 76.7 cm³/mol. The molecule has 0 unspecified atom stereocenters. The SMILES string of the molecule is CCCC(=NNC(=O)c1ccoc1C)c1cccs1. The van der Waals surface area contributed by atoms with Crippen molar-refractivity contribution in [3.63, 3.8) is 0 Å². The van der Waals surface area contributed by atoms with E-state index in [1.165, 1.54) is 6.26 Å². The topological polar surface area (TPSA) is 54.6 Å². The van der Waals surface area contributed by atoms with Gasteiger partial charge in [0, 0.05) is 0 Å². The Morgan fingerprint density at radius 1 is 1.47 bits per heavy atom. The molecule has 0 aliphatic carbocycles. The molecule has 0 radical (unpaired) electrons. The quantitative estimate of drug-likeness (QED) is 0.670. The third kappa shape index (κ3) is 3.32. The molecule has 0 saturated carbocycles. The number of thiophene rings is 1. The first-order valence-corrected chi connectivity index (χ1v) is 7.05. The Kier molecular flexibility index (Phi) is 4.52. The number of hydrogen-bond acceptors (Lipinski definition) is 4. The highest BCUT2D eigenvalue weighted by atomic mass is 32.1. The molecule has 0 aliphatic heterocycles. The lowest BCUT2D eigenvalue weighted by Crippen LogP contribution is -2.20. The van der Waals surface area contributed by atoms with E-state index >= 15 is 0 Å². The fraction of sp³-hybridized carbons (Fsp3) is 0.286. The number of furan rings is 1. The molecular weight excluding hydrogens is 260 g/mol. The van der Waals surface area contributed by atoms with Crippen LogP contribution in [0.25, 0.3) is 0 Å². The molecule has 1 amide bonds. The van der Waals surface area contributed by atoms with Crippen LogP contribution in [-0.2, 0) is 0 Å². The fourth-order valence-electron chi connectivity index (χ4n) is 1.71. The number of nitrogens with zero attached hydrogens (tertiary/aromatic N) is 1. The molecule has 100 valence electrons. The second-order valence-corrected chi connectivity index (χ2v) is 5.06. The zero-order chi connectivity index (χ0) is 13.7. The maximum atomic E-state index is 11.9. The van der Waals surface area contributed by atoms with E-state index in [0.29, 0.717) is 11.3 Å². The molecule has 0 atom stereocenters. The standard InChI is InChI=1S/C14H16N2O2S/c1-3-5-12(13-6-4-9-19-13)15-16-14(17)11-7-8-18-10(11)2/h4,6-9H,3,5H2,1-2H3,(H,16,17). The summed E-state index contributed by atoms with van der Waals surface area (Å²) in [7, 11) is 0. The molecule has 0 spiro atoms. The Balaban J connectivity index is 2.11. The maximum absolute atomic E-state index is 11.9. The molecule has 2 heterocycles. The monoisotopic (exact) mass is 276 g/mol. The Hall–Kier alpha value is -1.88. The normalized spacial score (nSPS) is 11.6. The van der Waals surface area contributed by atoms with Crippen LogP contribution in [0.15, 0.2) is 39.4 Å². The van der Waals surface area contributed by atoms with Crippen molar-refractivity contribution in [1.29, 1.82) is 0 Å². The van der Waals surface area contributed by atoms with Crippen LogP contribution in [0.5, 0.6) is 0 Å². The molecule has 0 saturated heterocycles. The molecule has 0 aromatic carbocycles. The molecule has 2 aromatic heterocycles. The molecule has 2 rings (SSSR count). The van der Waals surface area contributed by atoms with Crippen LogP contribution >= 0.6 is 11.3 Å². The van der Waals surface area contributed by atoms with Gasteiger partial charge in [0.05, 0.1) is 22.4 Å². The zero-order valence-corrected chi connectivity index (χ0v) is 11.8. The van der Waals surface area contributed by atoms with Crippen LogP contribution < -0.4 is 5.43 Å². The van der Waals surface area contributed by atoms with E-state index in [0.717, 1.165) is 23.4 Å². The number of hydrazone groups is 1. The number of carbonyl (C=O) groups is 1. The van der Waals surface area contributed by atoms with Gasteiger partial charge in [-0.15, -0.1) is 11.3 Å². The molecule has 19 heavy (non-hydrogen) atoms. The third-order valence-electron chi connectivity index (χ3n) is 2.69. The van der Waals surface area contributed by atoms with Crippen molar-refractivity contribution < 1.29 is 9.21 Å². The Morgan fingerprint density at radius 3 is 2.89 bits per heavy atom. The lowest BCUT2D eigenvalue weighted by atomic mass is 10.2. The van der Waals surface area contributed by atoms with E-state index < -0.39 is 0 Å². The van der Waals surface area contributed by atoms with Gasteiger partial charge in [-0.25, -0.2) is 5.43 Å². The Bertz CT molecular complexity index is 570. The first kappa shape index (κ1) is 13.5. The minimum atomic E-state index is -0.239. The Morgan fingerprint density at radius 2 is 2.32 bits per heavy atom. The average Bonchev–Trinajstić information content (AvgIpc) is 3.05. The second-order valence-electron chi connectivity index (χ2n) is 4.12. The van der Waals surface area contributed by atoms with Crippen molar-refractivity contribution in [2.24, 2.45) is 5.10 Å². The highest BCUT2D eigenvalue weighted by Gasteiger charge is 2.11. The number of amides is 1. The van der Waals surface area contributed by atoms with E-state index in [2.05, 4.69) is 17.5 Å². The van der Waals surface area contributed by atoms with Crippen LogP contribution in [0.1, 0.15) is 40.8 Å². The van der Waals surface area contributed by atoms with E-state index in [9.17, 15) is 4.79 Å². The van der Waals surface area contributed by atoms with Crippen molar-refractivity contribution in [3.05, 3.63) is 46.0 Å². The molecule has 0 fully saturated rings. The lowest BCUT2D eigenvalue weighted by molar-refractivity contribution is 0.0953. The minimum absolute atomic E-state index is 0.239. The number of aryl methyl sites for hydroxylation is 1. The summed E-state index contributed by atoms with van der Waals surface area (Å²) in [6.45, 7) is 3.84. The van der Waals surface area contributed by atoms with Crippen molar-refractivity contribution in [3.8, 4) is 0 Å². The minimum Gasteiger partial charge on any atom is -0.469 e. The van der Waals surface area contributed by atoms with Gasteiger partial charge in [-0.1, -0.05) is 19.4 Å². The second kappa shape index (κ2) is 6.33. The molecule has 5 heteroatoms. The zero-order valence-electron chi connectivity index (χ0n) is 11.0. The van der Waals surface area contributed by atoms with Crippen molar-refractivity contribution in [2.75, 3.05) is 0 Å². The van der Waals surface area contributed by atoms with Crippen LogP contribution in [0.2, 0.25) is 0 Å². The van der Waals surface area contributed by atoms with Gasteiger partial charge in [0.1, 0.15) is 5.76 Å². The highest BCUT2D eigenvalue weighted by molar-refractivity contribution is 7.12. The fourth-order valence-corrected chi connectivity index (χ4v) is 2.46. The molecule has 0 bridgehead atoms. The number of hydrogen-bond donors (Lipinski definition) is 1. The summed E-state index contributed by atoms with van der Waals surface area (Å²) < 4.78 is 5.10. The smallest absolute Gasteiger partial charge is 0.274 e. The van der Waals surface area contributed by atoms with E-state index in [4.69, 9.17) is 4.42 Å². The van der Waals surface area contributed by atoms with E-state index in [1.807, 2.05) is 17.5 Å². The number of rotatable bonds is 5. The van der Waals surface area contributed by atoms with Crippen LogP contribution in [-0.4, -0.2) is 11.6 Å². The highest BCUT2D eigenvalue weighted by Crippen LogP contribution is 2.13.